The highest BCUT2D eigenvalue weighted by molar-refractivity contribution is 7.17. The summed E-state index contributed by atoms with van der Waals surface area (Å²) >= 11 is 1.68. The highest BCUT2D eigenvalue weighted by atomic mass is 32.1. The fourth-order valence-electron chi connectivity index (χ4n) is 4.26. The molecule has 3 aromatic rings. The van der Waals surface area contributed by atoms with E-state index in [0.29, 0.717) is 5.92 Å². The molecule has 0 radical (unpaired) electrons. The van der Waals surface area contributed by atoms with Crippen LogP contribution in [0.5, 0.6) is 0 Å². The van der Waals surface area contributed by atoms with E-state index in [-0.39, 0.29) is 11.9 Å². The second kappa shape index (κ2) is 7.48. The van der Waals surface area contributed by atoms with Gasteiger partial charge in [0.2, 0.25) is 5.91 Å². The average Bonchev–Trinajstić information content (AvgIpc) is 3.43. The average molecular weight is 394 g/mol. The Balaban J connectivity index is 1.21. The van der Waals surface area contributed by atoms with Crippen molar-refractivity contribution in [2.75, 3.05) is 37.6 Å². The smallest absolute Gasteiger partial charge is 0.239 e. The van der Waals surface area contributed by atoms with E-state index < -0.39 is 0 Å². The minimum Gasteiger partial charge on any atom is -0.352 e. The number of aromatic nitrogens is 2. The molecule has 2 atom stereocenters. The minimum atomic E-state index is -0.0696. The van der Waals surface area contributed by atoms with Crippen LogP contribution in [0.2, 0.25) is 0 Å². The number of nitrogens with zero attached hydrogens (tertiary/aromatic N) is 4. The van der Waals surface area contributed by atoms with Crippen LogP contribution in [0.1, 0.15) is 17.9 Å². The third-order valence-corrected chi connectivity index (χ3v) is 6.71. The molecule has 1 amide bonds. The first-order valence-corrected chi connectivity index (χ1v) is 10.7. The van der Waals surface area contributed by atoms with Crippen molar-refractivity contribution >= 4 is 33.3 Å². The molecule has 2 aromatic heterocycles. The maximum Gasteiger partial charge on any atom is 0.239 e. The molecule has 1 N–H and O–H groups in total. The number of carbonyl (C=O) groups is 1. The summed E-state index contributed by atoms with van der Waals surface area (Å²) in [4.78, 5) is 26.1. The third-order valence-electron chi connectivity index (χ3n) is 5.82. The van der Waals surface area contributed by atoms with Crippen molar-refractivity contribution in [2.45, 2.75) is 18.4 Å². The van der Waals surface area contributed by atoms with Gasteiger partial charge in [-0.05, 0) is 29.3 Å². The lowest BCUT2D eigenvalue weighted by molar-refractivity contribution is -0.133. The van der Waals surface area contributed by atoms with Crippen molar-refractivity contribution in [1.29, 1.82) is 0 Å². The molecule has 0 bridgehead atoms. The zero-order valence-electron chi connectivity index (χ0n) is 15.6. The number of anilines is 1. The lowest BCUT2D eigenvalue weighted by Gasteiger charge is -2.36. The molecule has 0 unspecified atom stereocenters. The van der Waals surface area contributed by atoms with Crippen LogP contribution in [-0.4, -0.2) is 59.5 Å². The zero-order valence-corrected chi connectivity index (χ0v) is 16.4. The number of piperazine rings is 1. The van der Waals surface area contributed by atoms with Gasteiger partial charge in [-0.2, -0.15) is 0 Å². The minimum absolute atomic E-state index is 0.0696. The number of hydrogen-bond donors (Lipinski definition) is 1. The second-order valence-corrected chi connectivity index (χ2v) is 8.36. The summed E-state index contributed by atoms with van der Waals surface area (Å²) in [5.74, 6) is 1.65. The SMILES string of the molecule is O=C([C@H]1C[C@@H](c2ccccc2)CN1)N1CCN(c2ncnc3ccsc23)CC1. The first-order valence-electron chi connectivity index (χ1n) is 9.80. The van der Waals surface area contributed by atoms with Gasteiger partial charge in [-0.25, -0.2) is 9.97 Å². The van der Waals surface area contributed by atoms with Crippen molar-refractivity contribution in [1.82, 2.24) is 20.2 Å². The van der Waals surface area contributed by atoms with E-state index in [1.807, 2.05) is 17.0 Å². The van der Waals surface area contributed by atoms with Gasteiger partial charge in [-0.15, -0.1) is 11.3 Å². The van der Waals surface area contributed by atoms with Gasteiger partial charge in [0.05, 0.1) is 16.3 Å². The number of carbonyl (C=O) groups excluding carboxylic acids is 1. The summed E-state index contributed by atoms with van der Waals surface area (Å²) < 4.78 is 1.13. The number of thiophene rings is 1. The number of fused-ring (bicyclic) bond motifs is 1. The van der Waals surface area contributed by atoms with Crippen LogP contribution >= 0.6 is 11.3 Å². The van der Waals surface area contributed by atoms with E-state index in [1.165, 1.54) is 5.56 Å². The van der Waals surface area contributed by atoms with E-state index in [0.717, 1.165) is 55.2 Å². The number of hydrogen-bond acceptors (Lipinski definition) is 6. The van der Waals surface area contributed by atoms with E-state index in [2.05, 4.69) is 49.8 Å². The molecule has 7 heteroatoms. The number of benzene rings is 1. The van der Waals surface area contributed by atoms with Crippen LogP contribution in [0.4, 0.5) is 5.82 Å². The highest BCUT2D eigenvalue weighted by Crippen LogP contribution is 2.29. The molecule has 144 valence electrons. The fourth-order valence-corrected chi connectivity index (χ4v) is 5.12. The molecule has 28 heavy (non-hydrogen) atoms. The Labute approximate surface area is 168 Å². The Kier molecular flexibility index (Phi) is 4.70. The molecule has 5 rings (SSSR count). The van der Waals surface area contributed by atoms with E-state index in [4.69, 9.17) is 0 Å². The van der Waals surface area contributed by atoms with Crippen LogP contribution in [0.15, 0.2) is 48.1 Å². The Bertz CT molecular complexity index is 967. The van der Waals surface area contributed by atoms with E-state index in [1.54, 1.807) is 17.7 Å². The number of nitrogens with one attached hydrogen (secondary N) is 1. The summed E-state index contributed by atoms with van der Waals surface area (Å²) in [6.07, 6.45) is 2.51. The molecule has 1 aromatic carbocycles. The molecule has 2 saturated heterocycles. The molecule has 2 aliphatic rings. The van der Waals surface area contributed by atoms with Crippen LogP contribution in [-0.2, 0) is 4.79 Å². The van der Waals surface area contributed by atoms with Gasteiger partial charge >= 0.3 is 0 Å². The van der Waals surface area contributed by atoms with Crippen LogP contribution in [0, 0.1) is 0 Å². The molecule has 0 aliphatic carbocycles. The van der Waals surface area contributed by atoms with Crippen molar-refractivity contribution in [3.63, 3.8) is 0 Å². The van der Waals surface area contributed by atoms with Gasteiger partial charge < -0.3 is 15.1 Å². The molecule has 0 spiro atoms. The molecular formula is C21H23N5OS. The van der Waals surface area contributed by atoms with E-state index >= 15 is 0 Å². The normalized spacial score (nSPS) is 22.7. The molecule has 2 fully saturated rings. The summed E-state index contributed by atoms with van der Waals surface area (Å²) in [7, 11) is 0. The predicted molar refractivity (Wildman–Crippen MR) is 112 cm³/mol. The fraction of sp³-hybridized carbons (Fsp3) is 0.381. The lowest BCUT2D eigenvalue weighted by atomic mass is 9.96. The standard InChI is InChI=1S/C21H23N5OS/c27-21(18-12-16(13-22-18)15-4-2-1-3-5-15)26-9-7-25(8-10-26)20-19-17(6-11-28-19)23-14-24-20/h1-6,11,14,16,18,22H,7-10,12-13H2/t16-,18-/m1/s1. The largest absolute Gasteiger partial charge is 0.352 e. The van der Waals surface area contributed by atoms with Gasteiger partial charge in [0.1, 0.15) is 12.1 Å². The Morgan fingerprint density at radius 1 is 1.07 bits per heavy atom. The summed E-state index contributed by atoms with van der Waals surface area (Å²) in [6.45, 7) is 3.97. The Morgan fingerprint density at radius 3 is 2.71 bits per heavy atom. The monoisotopic (exact) mass is 393 g/mol. The molecule has 6 nitrogen and oxygen atoms in total. The van der Waals surface area contributed by atoms with Crippen LogP contribution in [0.25, 0.3) is 10.2 Å². The summed E-state index contributed by atoms with van der Waals surface area (Å²) in [5.41, 5.74) is 2.31. The summed E-state index contributed by atoms with van der Waals surface area (Å²) in [5, 5.41) is 5.50. The second-order valence-electron chi connectivity index (χ2n) is 7.45. The van der Waals surface area contributed by atoms with Crippen LogP contribution in [0.3, 0.4) is 0 Å². The summed E-state index contributed by atoms with van der Waals surface area (Å²) in [6, 6.07) is 12.5. The van der Waals surface area contributed by atoms with Gasteiger partial charge in [-0.3, -0.25) is 4.79 Å². The third kappa shape index (κ3) is 3.25. The van der Waals surface area contributed by atoms with Gasteiger partial charge in [0, 0.05) is 32.7 Å². The predicted octanol–water partition coefficient (Wildman–Crippen LogP) is 2.49. The van der Waals surface area contributed by atoms with Gasteiger partial charge in [-0.1, -0.05) is 30.3 Å². The first-order chi connectivity index (χ1) is 13.8. The van der Waals surface area contributed by atoms with Crippen molar-refractivity contribution in [3.05, 3.63) is 53.7 Å². The lowest BCUT2D eigenvalue weighted by Crippen LogP contribution is -2.53. The Morgan fingerprint density at radius 2 is 1.89 bits per heavy atom. The topological polar surface area (TPSA) is 61.4 Å². The van der Waals surface area contributed by atoms with Crippen molar-refractivity contribution in [3.8, 4) is 0 Å². The van der Waals surface area contributed by atoms with E-state index in [9.17, 15) is 4.79 Å². The van der Waals surface area contributed by atoms with Crippen molar-refractivity contribution in [2.24, 2.45) is 0 Å². The highest BCUT2D eigenvalue weighted by Gasteiger charge is 2.34. The first kappa shape index (κ1) is 17.6. The Hall–Kier alpha value is -2.51. The van der Waals surface area contributed by atoms with Gasteiger partial charge in [0.15, 0.2) is 0 Å². The molecular weight excluding hydrogens is 370 g/mol. The zero-order chi connectivity index (χ0) is 18.9. The van der Waals surface area contributed by atoms with Gasteiger partial charge in [0.25, 0.3) is 0 Å². The maximum absolute atomic E-state index is 13.0. The number of rotatable bonds is 3. The molecule has 2 aliphatic heterocycles. The van der Waals surface area contributed by atoms with Crippen molar-refractivity contribution < 1.29 is 4.79 Å². The van der Waals surface area contributed by atoms with Crippen LogP contribution < -0.4 is 10.2 Å². The number of amides is 1. The quantitative estimate of drug-likeness (QED) is 0.741. The molecule has 0 saturated carbocycles. The molecule has 4 heterocycles. The maximum atomic E-state index is 13.0.